The van der Waals surface area contributed by atoms with Crippen LogP contribution in [0.4, 0.5) is 5.69 Å². The van der Waals surface area contributed by atoms with E-state index in [1.807, 2.05) is 25.1 Å². The van der Waals surface area contributed by atoms with E-state index < -0.39 is 5.97 Å². The summed E-state index contributed by atoms with van der Waals surface area (Å²) in [5.41, 5.74) is 1.49. The number of amides is 1. The Bertz CT molecular complexity index is 667. The number of hydrogen-bond acceptors (Lipinski definition) is 3. The number of carboxylic acids is 1. The molecule has 2 rings (SSSR count). The summed E-state index contributed by atoms with van der Waals surface area (Å²) in [5, 5.41) is 11.5. The standard InChI is InChI=1S/C16H15NO4/c1-11-5-2-3-8-14(11)21-10-15(18)17-13-7-4-6-12(9-13)16(19)20/h2-9H,10H2,1H3,(H,17,18)(H,19,20). The number of ether oxygens (including phenoxy) is 1. The Morgan fingerprint density at radius 1 is 1.14 bits per heavy atom. The van der Waals surface area contributed by atoms with Crippen LogP contribution in [0.1, 0.15) is 15.9 Å². The summed E-state index contributed by atoms with van der Waals surface area (Å²) in [6.07, 6.45) is 0. The van der Waals surface area contributed by atoms with E-state index in [0.29, 0.717) is 11.4 Å². The van der Waals surface area contributed by atoms with Gasteiger partial charge < -0.3 is 15.2 Å². The quantitative estimate of drug-likeness (QED) is 0.885. The molecule has 5 nitrogen and oxygen atoms in total. The molecule has 2 N–H and O–H groups in total. The van der Waals surface area contributed by atoms with Gasteiger partial charge >= 0.3 is 5.97 Å². The highest BCUT2D eigenvalue weighted by atomic mass is 16.5. The number of aryl methyl sites for hydroxylation is 1. The summed E-state index contributed by atoms with van der Waals surface area (Å²) in [4.78, 5) is 22.6. The first-order valence-electron chi connectivity index (χ1n) is 6.38. The second kappa shape index (κ2) is 6.56. The fourth-order valence-corrected chi connectivity index (χ4v) is 1.79. The van der Waals surface area contributed by atoms with Gasteiger partial charge in [-0.15, -0.1) is 0 Å². The zero-order valence-electron chi connectivity index (χ0n) is 11.5. The molecule has 1 amide bonds. The number of hydrogen-bond donors (Lipinski definition) is 2. The maximum Gasteiger partial charge on any atom is 0.335 e. The predicted molar refractivity (Wildman–Crippen MR) is 78.7 cm³/mol. The van der Waals surface area contributed by atoms with Crippen LogP contribution in [-0.2, 0) is 4.79 Å². The smallest absolute Gasteiger partial charge is 0.335 e. The van der Waals surface area contributed by atoms with E-state index >= 15 is 0 Å². The highest BCUT2D eigenvalue weighted by molar-refractivity contribution is 5.94. The van der Waals surface area contributed by atoms with E-state index in [1.54, 1.807) is 18.2 Å². The van der Waals surface area contributed by atoms with Crippen LogP contribution in [0.25, 0.3) is 0 Å². The van der Waals surface area contributed by atoms with E-state index in [0.717, 1.165) is 5.56 Å². The summed E-state index contributed by atoms with van der Waals surface area (Å²) in [7, 11) is 0. The molecule has 0 aliphatic rings. The third-order valence-corrected chi connectivity index (χ3v) is 2.85. The van der Waals surface area contributed by atoms with E-state index in [2.05, 4.69) is 5.32 Å². The highest BCUT2D eigenvalue weighted by Gasteiger charge is 2.07. The second-order valence-electron chi connectivity index (χ2n) is 4.49. The van der Waals surface area contributed by atoms with Gasteiger partial charge in [-0.2, -0.15) is 0 Å². The van der Waals surface area contributed by atoms with Crippen LogP contribution in [0.5, 0.6) is 5.75 Å². The predicted octanol–water partition coefficient (Wildman–Crippen LogP) is 2.71. The van der Waals surface area contributed by atoms with Crippen molar-refractivity contribution in [1.82, 2.24) is 0 Å². The molecule has 2 aromatic rings. The molecule has 108 valence electrons. The molecular formula is C16H15NO4. The second-order valence-corrected chi connectivity index (χ2v) is 4.49. The largest absolute Gasteiger partial charge is 0.483 e. The average molecular weight is 285 g/mol. The molecule has 0 spiro atoms. The van der Waals surface area contributed by atoms with Crippen molar-refractivity contribution in [3.05, 3.63) is 59.7 Å². The molecule has 0 unspecified atom stereocenters. The number of carboxylic acid groups (broad SMARTS) is 1. The average Bonchev–Trinajstić information content (AvgIpc) is 2.46. The Morgan fingerprint density at radius 2 is 1.90 bits per heavy atom. The Morgan fingerprint density at radius 3 is 2.62 bits per heavy atom. The van der Waals surface area contributed by atoms with Crippen molar-refractivity contribution in [3.63, 3.8) is 0 Å². The molecule has 0 saturated heterocycles. The summed E-state index contributed by atoms with van der Waals surface area (Å²) in [5.74, 6) is -0.741. The van der Waals surface area contributed by atoms with Crippen molar-refractivity contribution < 1.29 is 19.4 Å². The Hall–Kier alpha value is -2.82. The lowest BCUT2D eigenvalue weighted by atomic mass is 10.2. The van der Waals surface area contributed by atoms with Gasteiger partial charge in [-0.05, 0) is 36.8 Å². The van der Waals surface area contributed by atoms with Gasteiger partial charge in [-0.1, -0.05) is 24.3 Å². The normalized spacial score (nSPS) is 9.95. The molecule has 0 atom stereocenters. The molecule has 21 heavy (non-hydrogen) atoms. The van der Waals surface area contributed by atoms with Crippen molar-refractivity contribution in [1.29, 1.82) is 0 Å². The molecule has 0 heterocycles. The van der Waals surface area contributed by atoms with Crippen molar-refractivity contribution in [2.75, 3.05) is 11.9 Å². The van der Waals surface area contributed by atoms with Crippen molar-refractivity contribution in [3.8, 4) is 5.75 Å². The summed E-state index contributed by atoms with van der Waals surface area (Å²) >= 11 is 0. The number of carbonyl (C=O) groups excluding carboxylic acids is 1. The summed E-state index contributed by atoms with van der Waals surface area (Å²) in [6, 6.07) is 13.4. The highest BCUT2D eigenvalue weighted by Crippen LogP contribution is 2.16. The monoisotopic (exact) mass is 285 g/mol. The van der Waals surface area contributed by atoms with E-state index in [1.165, 1.54) is 12.1 Å². The lowest BCUT2D eigenvalue weighted by Gasteiger charge is -2.09. The number of carbonyl (C=O) groups is 2. The summed E-state index contributed by atoms with van der Waals surface area (Å²) in [6.45, 7) is 1.76. The number of anilines is 1. The van der Waals surface area contributed by atoms with Gasteiger partial charge in [0.25, 0.3) is 5.91 Å². The van der Waals surface area contributed by atoms with Gasteiger partial charge in [-0.25, -0.2) is 4.79 Å². The number of nitrogens with one attached hydrogen (secondary N) is 1. The number of benzene rings is 2. The van der Waals surface area contributed by atoms with Crippen LogP contribution in [0.2, 0.25) is 0 Å². The van der Waals surface area contributed by atoms with Crippen LogP contribution < -0.4 is 10.1 Å². The third kappa shape index (κ3) is 4.07. The van der Waals surface area contributed by atoms with E-state index in [4.69, 9.17) is 9.84 Å². The van der Waals surface area contributed by atoms with Crippen molar-refractivity contribution >= 4 is 17.6 Å². The molecule has 0 bridgehead atoms. The Kier molecular flexibility index (Phi) is 4.56. The van der Waals surface area contributed by atoms with Gasteiger partial charge in [0.1, 0.15) is 5.75 Å². The van der Waals surface area contributed by atoms with Gasteiger partial charge in [-0.3, -0.25) is 4.79 Å². The van der Waals surface area contributed by atoms with Gasteiger partial charge in [0, 0.05) is 5.69 Å². The van der Waals surface area contributed by atoms with Gasteiger partial charge in [0.05, 0.1) is 5.56 Å². The Balaban J connectivity index is 1.95. The van der Waals surface area contributed by atoms with Crippen LogP contribution in [0, 0.1) is 6.92 Å². The molecule has 0 aliphatic heterocycles. The minimum atomic E-state index is -1.04. The lowest BCUT2D eigenvalue weighted by molar-refractivity contribution is -0.118. The molecule has 0 aromatic heterocycles. The number of rotatable bonds is 5. The van der Waals surface area contributed by atoms with Crippen molar-refractivity contribution in [2.24, 2.45) is 0 Å². The summed E-state index contributed by atoms with van der Waals surface area (Å²) < 4.78 is 5.42. The molecular weight excluding hydrogens is 270 g/mol. The van der Waals surface area contributed by atoms with Gasteiger partial charge in [0.15, 0.2) is 6.61 Å². The van der Waals surface area contributed by atoms with E-state index in [-0.39, 0.29) is 18.1 Å². The maximum atomic E-state index is 11.8. The number of aromatic carboxylic acids is 1. The zero-order valence-corrected chi connectivity index (χ0v) is 11.5. The molecule has 0 saturated carbocycles. The lowest BCUT2D eigenvalue weighted by Crippen LogP contribution is -2.20. The molecule has 0 fully saturated rings. The fraction of sp³-hybridized carbons (Fsp3) is 0.125. The first-order valence-corrected chi connectivity index (χ1v) is 6.38. The molecule has 0 aliphatic carbocycles. The molecule has 5 heteroatoms. The molecule has 2 aromatic carbocycles. The maximum absolute atomic E-state index is 11.8. The first kappa shape index (κ1) is 14.6. The van der Waals surface area contributed by atoms with Gasteiger partial charge in [0.2, 0.25) is 0 Å². The minimum Gasteiger partial charge on any atom is -0.483 e. The van der Waals surface area contributed by atoms with Crippen LogP contribution >= 0.6 is 0 Å². The van der Waals surface area contributed by atoms with Crippen LogP contribution in [0.3, 0.4) is 0 Å². The Labute approximate surface area is 122 Å². The van der Waals surface area contributed by atoms with Crippen molar-refractivity contribution in [2.45, 2.75) is 6.92 Å². The topological polar surface area (TPSA) is 75.6 Å². The molecule has 0 radical (unpaired) electrons. The fourth-order valence-electron chi connectivity index (χ4n) is 1.79. The SMILES string of the molecule is Cc1ccccc1OCC(=O)Nc1cccc(C(=O)O)c1. The van der Waals surface area contributed by atoms with Crippen LogP contribution in [0.15, 0.2) is 48.5 Å². The van der Waals surface area contributed by atoms with E-state index in [9.17, 15) is 9.59 Å². The number of para-hydroxylation sites is 1. The first-order chi connectivity index (χ1) is 10.1. The van der Waals surface area contributed by atoms with Crippen LogP contribution in [-0.4, -0.2) is 23.6 Å². The zero-order chi connectivity index (χ0) is 15.2. The minimum absolute atomic E-state index is 0.118. The third-order valence-electron chi connectivity index (χ3n) is 2.85.